The summed E-state index contributed by atoms with van der Waals surface area (Å²) in [7, 11) is -4.06. The molecule has 1 amide bonds. The first-order chi connectivity index (χ1) is 14.3. The van der Waals surface area contributed by atoms with Crippen LogP contribution in [0, 0.1) is 11.6 Å². The molecule has 1 N–H and O–H groups in total. The number of hydrogen-bond acceptors (Lipinski definition) is 5. The van der Waals surface area contributed by atoms with E-state index in [2.05, 4.69) is 5.32 Å². The summed E-state index contributed by atoms with van der Waals surface area (Å²) in [5.41, 5.74) is 0.132. The number of carbonyl (C=O) groups excluding carboxylic acids is 1. The summed E-state index contributed by atoms with van der Waals surface area (Å²) in [6, 6.07) is 6.94. The van der Waals surface area contributed by atoms with Crippen molar-refractivity contribution in [2.75, 3.05) is 38.2 Å². The Balaban J connectivity index is 1.62. The lowest BCUT2D eigenvalue weighted by Gasteiger charge is -2.26. The van der Waals surface area contributed by atoms with Crippen molar-refractivity contribution < 1.29 is 31.5 Å². The zero-order valence-electron chi connectivity index (χ0n) is 15.7. The van der Waals surface area contributed by atoms with E-state index in [1.807, 2.05) is 0 Å². The molecule has 162 valence electrons. The Morgan fingerprint density at radius 3 is 2.60 bits per heavy atom. The molecule has 0 aliphatic carbocycles. The molecule has 1 saturated heterocycles. The highest BCUT2D eigenvalue weighted by Gasteiger charge is 2.29. The molecule has 0 saturated carbocycles. The normalized spacial score (nSPS) is 15.0. The van der Waals surface area contributed by atoms with Crippen LogP contribution in [0.4, 0.5) is 14.5 Å². The van der Waals surface area contributed by atoms with Crippen molar-refractivity contribution in [3.05, 3.63) is 53.1 Å². The van der Waals surface area contributed by atoms with E-state index >= 15 is 0 Å². The predicted molar refractivity (Wildman–Crippen MR) is 106 cm³/mol. The van der Waals surface area contributed by atoms with Gasteiger partial charge in [0.2, 0.25) is 15.9 Å². The van der Waals surface area contributed by atoms with Crippen LogP contribution in [-0.4, -0.2) is 51.5 Å². The lowest BCUT2D eigenvalue weighted by atomic mass is 10.3. The van der Waals surface area contributed by atoms with E-state index in [0.717, 1.165) is 22.5 Å². The number of carbonyl (C=O) groups is 1. The summed E-state index contributed by atoms with van der Waals surface area (Å²) in [5.74, 6) is -1.67. The summed E-state index contributed by atoms with van der Waals surface area (Å²) in [6.07, 6.45) is -0.0867. The van der Waals surface area contributed by atoms with Gasteiger partial charge in [-0.1, -0.05) is 11.6 Å². The maximum atomic E-state index is 14.2. The van der Waals surface area contributed by atoms with Crippen LogP contribution in [-0.2, 0) is 19.6 Å². The summed E-state index contributed by atoms with van der Waals surface area (Å²) in [4.78, 5) is 11.6. The van der Waals surface area contributed by atoms with E-state index in [4.69, 9.17) is 21.1 Å². The number of benzene rings is 2. The van der Waals surface area contributed by atoms with Gasteiger partial charge in [0.25, 0.3) is 0 Å². The van der Waals surface area contributed by atoms with Gasteiger partial charge in [0.1, 0.15) is 22.3 Å². The standard InChI is InChI=1S/C19H19ClF2N2O5S/c20-15-11-13(21)1-4-17(15)29-8-5-19(25)23-14-2-3-16(22)18(12-14)30(26,27)24-6-9-28-10-7-24/h1-4,11-12H,5-10H2,(H,23,25). The Kier molecular flexibility index (Phi) is 7.24. The van der Waals surface area contributed by atoms with Gasteiger partial charge in [-0.3, -0.25) is 4.79 Å². The SMILES string of the molecule is O=C(CCOc1ccc(F)cc1Cl)Nc1ccc(F)c(S(=O)(=O)N2CCOCC2)c1. The van der Waals surface area contributed by atoms with Gasteiger partial charge in [0.15, 0.2) is 0 Å². The van der Waals surface area contributed by atoms with Crippen LogP contribution in [0.25, 0.3) is 0 Å². The number of ether oxygens (including phenoxy) is 2. The molecule has 11 heteroatoms. The van der Waals surface area contributed by atoms with Gasteiger partial charge in [-0.15, -0.1) is 0 Å². The van der Waals surface area contributed by atoms with Crippen molar-refractivity contribution in [2.24, 2.45) is 0 Å². The molecule has 2 aromatic carbocycles. The Morgan fingerprint density at radius 2 is 1.90 bits per heavy atom. The van der Waals surface area contributed by atoms with Crippen LogP contribution in [0.5, 0.6) is 5.75 Å². The van der Waals surface area contributed by atoms with Crippen molar-refractivity contribution in [2.45, 2.75) is 11.3 Å². The van der Waals surface area contributed by atoms with Gasteiger partial charge >= 0.3 is 0 Å². The monoisotopic (exact) mass is 460 g/mol. The predicted octanol–water partition coefficient (Wildman–Crippen LogP) is 3.05. The molecule has 0 bridgehead atoms. The molecule has 1 aliphatic rings. The van der Waals surface area contributed by atoms with Crippen LogP contribution in [0.1, 0.15) is 6.42 Å². The fourth-order valence-corrected chi connectivity index (χ4v) is 4.49. The zero-order chi connectivity index (χ0) is 21.7. The Morgan fingerprint density at radius 1 is 1.17 bits per heavy atom. The summed E-state index contributed by atoms with van der Waals surface area (Å²) >= 11 is 5.84. The second-order valence-electron chi connectivity index (χ2n) is 6.38. The molecular weight excluding hydrogens is 442 g/mol. The van der Waals surface area contributed by atoms with Gasteiger partial charge in [0, 0.05) is 18.8 Å². The molecule has 1 fully saturated rings. The highest BCUT2D eigenvalue weighted by Crippen LogP contribution is 2.26. The number of hydrogen-bond donors (Lipinski definition) is 1. The number of nitrogens with zero attached hydrogens (tertiary/aromatic N) is 1. The molecule has 0 aromatic heterocycles. The molecule has 0 unspecified atom stereocenters. The van der Waals surface area contributed by atoms with Crippen LogP contribution in [0.15, 0.2) is 41.3 Å². The second kappa shape index (κ2) is 9.69. The van der Waals surface area contributed by atoms with Gasteiger partial charge < -0.3 is 14.8 Å². The third-order valence-electron chi connectivity index (χ3n) is 4.28. The van der Waals surface area contributed by atoms with Gasteiger partial charge in [-0.2, -0.15) is 4.31 Å². The van der Waals surface area contributed by atoms with E-state index in [1.165, 1.54) is 18.2 Å². The summed E-state index contributed by atoms with van der Waals surface area (Å²) < 4.78 is 64.2. The van der Waals surface area contributed by atoms with E-state index < -0.39 is 32.5 Å². The average Bonchev–Trinajstić information content (AvgIpc) is 2.71. The third-order valence-corrected chi connectivity index (χ3v) is 6.49. The lowest BCUT2D eigenvalue weighted by Crippen LogP contribution is -2.40. The second-order valence-corrected chi connectivity index (χ2v) is 8.70. The molecule has 3 rings (SSSR count). The number of sulfonamides is 1. The van der Waals surface area contributed by atoms with Crippen LogP contribution < -0.4 is 10.1 Å². The molecule has 1 aliphatic heterocycles. The molecule has 7 nitrogen and oxygen atoms in total. The molecule has 2 aromatic rings. The minimum atomic E-state index is -4.06. The molecule has 30 heavy (non-hydrogen) atoms. The number of rotatable bonds is 7. The van der Waals surface area contributed by atoms with Crippen molar-refractivity contribution in [1.82, 2.24) is 4.31 Å². The maximum absolute atomic E-state index is 14.2. The Hall–Kier alpha value is -2.27. The highest BCUT2D eigenvalue weighted by atomic mass is 35.5. The van der Waals surface area contributed by atoms with Gasteiger partial charge in [-0.25, -0.2) is 17.2 Å². The summed E-state index contributed by atoms with van der Waals surface area (Å²) in [6.45, 7) is 0.672. The van der Waals surface area contributed by atoms with Crippen molar-refractivity contribution in [3.8, 4) is 5.75 Å². The number of amides is 1. The highest BCUT2D eigenvalue weighted by molar-refractivity contribution is 7.89. The number of nitrogens with one attached hydrogen (secondary N) is 1. The molecule has 0 atom stereocenters. The summed E-state index contributed by atoms with van der Waals surface area (Å²) in [5, 5.41) is 2.58. The average molecular weight is 461 g/mol. The van der Waals surface area contributed by atoms with E-state index in [1.54, 1.807) is 0 Å². The zero-order valence-corrected chi connectivity index (χ0v) is 17.3. The molecule has 0 radical (unpaired) electrons. The van der Waals surface area contributed by atoms with Gasteiger partial charge in [0.05, 0.1) is 31.3 Å². The van der Waals surface area contributed by atoms with Crippen LogP contribution in [0.2, 0.25) is 5.02 Å². The molecule has 0 spiro atoms. The molecular formula is C19H19ClF2N2O5S. The maximum Gasteiger partial charge on any atom is 0.246 e. The largest absolute Gasteiger partial charge is 0.491 e. The van der Waals surface area contributed by atoms with Gasteiger partial charge in [-0.05, 0) is 36.4 Å². The number of morpholine rings is 1. The quantitative estimate of drug-likeness (QED) is 0.686. The topological polar surface area (TPSA) is 84.9 Å². The van der Waals surface area contributed by atoms with Crippen molar-refractivity contribution in [1.29, 1.82) is 0 Å². The first-order valence-corrected chi connectivity index (χ1v) is 10.8. The minimum Gasteiger partial charge on any atom is -0.491 e. The van der Waals surface area contributed by atoms with Crippen LogP contribution in [0.3, 0.4) is 0 Å². The number of anilines is 1. The van der Waals surface area contributed by atoms with E-state index in [9.17, 15) is 22.0 Å². The van der Waals surface area contributed by atoms with Crippen molar-refractivity contribution >= 4 is 33.2 Å². The first-order valence-electron chi connectivity index (χ1n) is 9.02. The lowest BCUT2D eigenvalue weighted by molar-refractivity contribution is -0.116. The fraction of sp³-hybridized carbons (Fsp3) is 0.316. The van der Waals surface area contributed by atoms with E-state index in [-0.39, 0.29) is 55.8 Å². The van der Waals surface area contributed by atoms with Crippen LogP contribution >= 0.6 is 11.6 Å². The Labute approximate surface area is 177 Å². The van der Waals surface area contributed by atoms with Crippen molar-refractivity contribution in [3.63, 3.8) is 0 Å². The number of halogens is 3. The first kappa shape index (κ1) is 22.4. The third kappa shape index (κ3) is 5.45. The Bertz CT molecular complexity index is 1030. The minimum absolute atomic E-state index is 0.0443. The fourth-order valence-electron chi connectivity index (χ4n) is 2.77. The molecule has 1 heterocycles. The smallest absolute Gasteiger partial charge is 0.246 e. The van der Waals surface area contributed by atoms with E-state index in [0.29, 0.717) is 0 Å².